The molecule has 0 amide bonds. The van der Waals surface area contributed by atoms with Gasteiger partial charge in [0.15, 0.2) is 11.6 Å². The zero-order valence-corrected chi connectivity index (χ0v) is 8.49. The van der Waals surface area contributed by atoms with Crippen LogP contribution in [0, 0.1) is 11.6 Å². The summed E-state index contributed by atoms with van der Waals surface area (Å²) in [6, 6.07) is 13.1. The van der Waals surface area contributed by atoms with Crippen molar-refractivity contribution in [2.45, 2.75) is 6.61 Å². The van der Waals surface area contributed by atoms with E-state index < -0.39 is 11.6 Å². The summed E-state index contributed by atoms with van der Waals surface area (Å²) in [7, 11) is 0. The Hall–Kier alpha value is -1.90. The van der Waals surface area contributed by atoms with Crippen molar-refractivity contribution in [1.29, 1.82) is 0 Å². The first-order chi connectivity index (χ1) is 7.77. The Kier molecular flexibility index (Phi) is 3.15. The lowest BCUT2D eigenvalue weighted by atomic mass is 10.2. The van der Waals surface area contributed by atoms with E-state index in [2.05, 4.69) is 0 Å². The van der Waals surface area contributed by atoms with Gasteiger partial charge in [0.25, 0.3) is 0 Å². The first kappa shape index (κ1) is 10.6. The third kappa shape index (κ3) is 2.37. The van der Waals surface area contributed by atoms with E-state index in [1.807, 2.05) is 18.2 Å². The van der Waals surface area contributed by atoms with E-state index in [1.54, 1.807) is 12.1 Å². The van der Waals surface area contributed by atoms with Crippen molar-refractivity contribution in [3.8, 4) is 5.75 Å². The molecule has 0 saturated heterocycles. The third-order valence-electron chi connectivity index (χ3n) is 2.17. The summed E-state index contributed by atoms with van der Waals surface area (Å²) < 4.78 is 31.4. The maximum atomic E-state index is 13.2. The third-order valence-corrected chi connectivity index (χ3v) is 2.17. The van der Waals surface area contributed by atoms with Crippen LogP contribution in [0.1, 0.15) is 5.56 Å². The lowest BCUT2D eigenvalue weighted by Crippen LogP contribution is -2.00. The van der Waals surface area contributed by atoms with Crippen LogP contribution in [-0.2, 0) is 6.61 Å². The highest BCUT2D eigenvalue weighted by molar-refractivity contribution is 5.23. The van der Waals surface area contributed by atoms with Gasteiger partial charge in [-0.1, -0.05) is 30.3 Å². The van der Waals surface area contributed by atoms with E-state index in [9.17, 15) is 8.78 Å². The number of hydrogen-bond acceptors (Lipinski definition) is 1. The second-order valence-corrected chi connectivity index (χ2v) is 3.31. The summed E-state index contributed by atoms with van der Waals surface area (Å²) in [5.41, 5.74) is 0.212. The number of ether oxygens (including phenoxy) is 1. The van der Waals surface area contributed by atoms with Gasteiger partial charge in [-0.25, -0.2) is 8.78 Å². The highest BCUT2D eigenvalue weighted by Gasteiger charge is 2.07. The Morgan fingerprint density at radius 1 is 0.875 bits per heavy atom. The van der Waals surface area contributed by atoms with Crippen LogP contribution in [0.4, 0.5) is 8.78 Å². The molecule has 2 aromatic rings. The van der Waals surface area contributed by atoms with E-state index in [-0.39, 0.29) is 12.2 Å². The van der Waals surface area contributed by atoms with Gasteiger partial charge >= 0.3 is 0 Å². The number of benzene rings is 2. The maximum Gasteiger partial charge on any atom is 0.165 e. The minimum Gasteiger partial charge on any atom is -0.489 e. The second-order valence-electron chi connectivity index (χ2n) is 3.31. The molecule has 2 rings (SSSR count). The minimum atomic E-state index is -0.853. The fourth-order valence-electron chi connectivity index (χ4n) is 1.34. The Labute approximate surface area is 92.3 Å². The van der Waals surface area contributed by atoms with Crippen LogP contribution in [0.15, 0.2) is 48.5 Å². The highest BCUT2D eigenvalue weighted by atomic mass is 19.2. The molecular formula is C13H10F2O. The topological polar surface area (TPSA) is 9.23 Å². The zero-order valence-electron chi connectivity index (χ0n) is 8.49. The van der Waals surface area contributed by atoms with Crippen LogP contribution in [0.25, 0.3) is 0 Å². The summed E-state index contributed by atoms with van der Waals surface area (Å²) >= 11 is 0. The van der Waals surface area contributed by atoms with Gasteiger partial charge in [0.1, 0.15) is 12.4 Å². The van der Waals surface area contributed by atoms with E-state index >= 15 is 0 Å². The van der Waals surface area contributed by atoms with Gasteiger partial charge in [-0.2, -0.15) is 0 Å². The minimum absolute atomic E-state index is 0.0214. The van der Waals surface area contributed by atoms with E-state index in [0.717, 1.165) is 6.07 Å². The summed E-state index contributed by atoms with van der Waals surface area (Å²) in [6.07, 6.45) is 0. The van der Waals surface area contributed by atoms with Crippen molar-refractivity contribution in [3.63, 3.8) is 0 Å². The van der Waals surface area contributed by atoms with Gasteiger partial charge in [-0.15, -0.1) is 0 Å². The first-order valence-corrected chi connectivity index (χ1v) is 4.88. The second kappa shape index (κ2) is 4.75. The molecule has 0 aliphatic heterocycles. The summed E-state index contributed by atoms with van der Waals surface area (Å²) in [6.45, 7) is 0.0214. The number of para-hydroxylation sites is 1. The fourth-order valence-corrected chi connectivity index (χ4v) is 1.34. The molecule has 0 spiro atoms. The lowest BCUT2D eigenvalue weighted by molar-refractivity contribution is 0.297. The molecule has 0 saturated carbocycles. The van der Waals surface area contributed by atoms with Crippen LogP contribution >= 0.6 is 0 Å². The molecule has 0 unspecified atom stereocenters. The molecule has 0 radical (unpaired) electrons. The van der Waals surface area contributed by atoms with E-state index in [0.29, 0.717) is 5.75 Å². The maximum absolute atomic E-state index is 13.2. The van der Waals surface area contributed by atoms with Crippen LogP contribution in [-0.4, -0.2) is 0 Å². The molecular weight excluding hydrogens is 210 g/mol. The molecule has 16 heavy (non-hydrogen) atoms. The lowest BCUT2D eigenvalue weighted by Gasteiger charge is -2.06. The van der Waals surface area contributed by atoms with Crippen LogP contribution in [0.2, 0.25) is 0 Å². The summed E-state index contributed by atoms with van der Waals surface area (Å²) in [5.74, 6) is -1.07. The van der Waals surface area contributed by atoms with Crippen LogP contribution in [0.5, 0.6) is 5.75 Å². The molecule has 2 aromatic carbocycles. The average Bonchev–Trinajstić information content (AvgIpc) is 2.32. The predicted molar refractivity (Wildman–Crippen MR) is 57.1 cm³/mol. The van der Waals surface area contributed by atoms with Gasteiger partial charge in [-0.05, 0) is 18.2 Å². The first-order valence-electron chi connectivity index (χ1n) is 4.88. The average molecular weight is 220 g/mol. The van der Waals surface area contributed by atoms with E-state index in [1.165, 1.54) is 12.1 Å². The van der Waals surface area contributed by atoms with Crippen molar-refractivity contribution < 1.29 is 13.5 Å². The summed E-state index contributed by atoms with van der Waals surface area (Å²) in [4.78, 5) is 0. The highest BCUT2D eigenvalue weighted by Crippen LogP contribution is 2.15. The molecule has 0 atom stereocenters. The summed E-state index contributed by atoms with van der Waals surface area (Å²) in [5, 5.41) is 0. The van der Waals surface area contributed by atoms with Crippen molar-refractivity contribution in [3.05, 3.63) is 65.7 Å². The standard InChI is InChI=1S/C13H10F2O/c14-12-8-4-5-10(13(12)15)9-16-11-6-2-1-3-7-11/h1-8H,9H2. The van der Waals surface area contributed by atoms with Gasteiger partial charge in [0.05, 0.1) is 0 Å². The van der Waals surface area contributed by atoms with E-state index in [4.69, 9.17) is 4.74 Å². The fraction of sp³-hybridized carbons (Fsp3) is 0.0769. The molecule has 0 bridgehead atoms. The van der Waals surface area contributed by atoms with Gasteiger partial charge in [0, 0.05) is 5.56 Å². The van der Waals surface area contributed by atoms with Crippen molar-refractivity contribution in [2.24, 2.45) is 0 Å². The van der Waals surface area contributed by atoms with Crippen molar-refractivity contribution >= 4 is 0 Å². The number of rotatable bonds is 3. The largest absolute Gasteiger partial charge is 0.489 e. The van der Waals surface area contributed by atoms with Gasteiger partial charge < -0.3 is 4.74 Å². The molecule has 0 fully saturated rings. The van der Waals surface area contributed by atoms with Gasteiger partial charge in [0.2, 0.25) is 0 Å². The quantitative estimate of drug-likeness (QED) is 0.768. The van der Waals surface area contributed by atoms with Crippen molar-refractivity contribution in [1.82, 2.24) is 0 Å². The molecule has 0 heterocycles. The number of hydrogen-bond donors (Lipinski definition) is 0. The Morgan fingerprint density at radius 2 is 1.62 bits per heavy atom. The monoisotopic (exact) mass is 220 g/mol. The Bertz CT molecular complexity index is 469. The Balaban J connectivity index is 2.08. The molecule has 82 valence electrons. The normalized spacial score (nSPS) is 10.1. The molecule has 1 nitrogen and oxygen atoms in total. The smallest absolute Gasteiger partial charge is 0.165 e. The molecule has 0 aromatic heterocycles. The molecule has 0 aliphatic rings. The van der Waals surface area contributed by atoms with Crippen LogP contribution < -0.4 is 4.74 Å². The Morgan fingerprint density at radius 3 is 2.38 bits per heavy atom. The van der Waals surface area contributed by atoms with Crippen LogP contribution in [0.3, 0.4) is 0 Å². The van der Waals surface area contributed by atoms with Crippen molar-refractivity contribution in [2.75, 3.05) is 0 Å². The SMILES string of the molecule is Fc1cccc(COc2ccccc2)c1F. The molecule has 0 N–H and O–H groups in total. The zero-order chi connectivity index (χ0) is 11.4. The molecule has 0 aliphatic carbocycles. The molecule has 3 heteroatoms. The number of halogens is 2. The predicted octanol–water partition coefficient (Wildman–Crippen LogP) is 3.54. The van der Waals surface area contributed by atoms with Gasteiger partial charge in [-0.3, -0.25) is 0 Å².